The Kier molecular flexibility index (Phi) is 3.92. The number of benzene rings is 1. The van der Waals surface area contributed by atoms with Gasteiger partial charge in [-0.15, -0.1) is 5.10 Å². The molecule has 18 heavy (non-hydrogen) atoms. The highest BCUT2D eigenvalue weighted by atomic mass is 127. The molecule has 0 aliphatic rings. The highest BCUT2D eigenvalue weighted by molar-refractivity contribution is 14.1. The molecule has 7 heteroatoms. The molecule has 0 aliphatic carbocycles. The van der Waals surface area contributed by atoms with Crippen LogP contribution in [0.15, 0.2) is 30.5 Å². The first-order valence-electron chi connectivity index (χ1n) is 5.22. The quantitative estimate of drug-likeness (QED) is 0.790. The van der Waals surface area contributed by atoms with E-state index in [9.17, 15) is 4.79 Å². The van der Waals surface area contributed by atoms with Gasteiger partial charge in [-0.1, -0.05) is 11.3 Å². The van der Waals surface area contributed by atoms with Crippen molar-refractivity contribution in [2.24, 2.45) is 5.73 Å². The van der Waals surface area contributed by atoms with Gasteiger partial charge < -0.3 is 10.8 Å². The lowest BCUT2D eigenvalue weighted by Gasteiger charge is -2.02. The van der Waals surface area contributed by atoms with E-state index in [-0.39, 0.29) is 6.42 Å². The van der Waals surface area contributed by atoms with Crippen molar-refractivity contribution in [1.82, 2.24) is 15.0 Å². The Bertz CT molecular complexity index is 570. The number of halogens is 1. The van der Waals surface area contributed by atoms with Gasteiger partial charge in [0.05, 0.1) is 17.6 Å². The molecule has 3 N–H and O–H groups in total. The molecule has 0 amide bonds. The first kappa shape index (κ1) is 13.0. The van der Waals surface area contributed by atoms with E-state index in [1.165, 1.54) is 0 Å². The van der Waals surface area contributed by atoms with Gasteiger partial charge in [-0.25, -0.2) is 4.68 Å². The van der Waals surface area contributed by atoms with Crippen molar-refractivity contribution in [2.75, 3.05) is 0 Å². The third-order valence-corrected chi connectivity index (χ3v) is 3.03. The van der Waals surface area contributed by atoms with Crippen LogP contribution in [0.2, 0.25) is 0 Å². The summed E-state index contributed by atoms with van der Waals surface area (Å²) < 4.78 is 2.69. The van der Waals surface area contributed by atoms with E-state index >= 15 is 0 Å². The van der Waals surface area contributed by atoms with Crippen LogP contribution in [0.1, 0.15) is 5.69 Å². The van der Waals surface area contributed by atoms with Crippen molar-refractivity contribution in [1.29, 1.82) is 0 Å². The van der Waals surface area contributed by atoms with Gasteiger partial charge in [0.2, 0.25) is 0 Å². The average Bonchev–Trinajstić information content (AvgIpc) is 2.77. The lowest BCUT2D eigenvalue weighted by atomic mass is 10.2. The van der Waals surface area contributed by atoms with Crippen molar-refractivity contribution < 1.29 is 9.90 Å². The standard InChI is InChI=1S/C11H11IN4O2/c12-7-2-1-3-9(4-7)16-6-8(14-15-16)5-10(13)11(17)18/h1-4,6,10H,5,13H2,(H,17,18). The number of carbonyl (C=O) groups is 1. The summed E-state index contributed by atoms with van der Waals surface area (Å²) in [4.78, 5) is 10.6. The Morgan fingerprint density at radius 1 is 1.56 bits per heavy atom. The van der Waals surface area contributed by atoms with E-state index in [0.717, 1.165) is 9.26 Å². The van der Waals surface area contributed by atoms with Crippen LogP contribution in [-0.4, -0.2) is 32.1 Å². The fourth-order valence-corrected chi connectivity index (χ4v) is 1.98. The Morgan fingerprint density at radius 2 is 2.33 bits per heavy atom. The monoisotopic (exact) mass is 358 g/mol. The summed E-state index contributed by atoms with van der Waals surface area (Å²) in [6, 6.07) is 6.79. The van der Waals surface area contributed by atoms with Gasteiger partial charge in [-0.3, -0.25) is 4.79 Å². The molecule has 2 rings (SSSR count). The second kappa shape index (κ2) is 5.44. The minimum absolute atomic E-state index is 0.166. The summed E-state index contributed by atoms with van der Waals surface area (Å²) in [6.07, 6.45) is 1.85. The van der Waals surface area contributed by atoms with Crippen molar-refractivity contribution in [3.8, 4) is 5.69 Å². The number of rotatable bonds is 4. The molecule has 1 atom stereocenters. The number of hydrogen-bond acceptors (Lipinski definition) is 4. The molecular formula is C11H11IN4O2. The summed E-state index contributed by atoms with van der Waals surface area (Å²) in [5.41, 5.74) is 6.88. The molecule has 6 nitrogen and oxygen atoms in total. The number of nitrogens with zero attached hydrogens (tertiary/aromatic N) is 3. The highest BCUT2D eigenvalue weighted by Gasteiger charge is 2.14. The fourth-order valence-electron chi connectivity index (χ4n) is 1.45. The zero-order chi connectivity index (χ0) is 13.1. The van der Waals surface area contributed by atoms with Crippen LogP contribution >= 0.6 is 22.6 Å². The lowest BCUT2D eigenvalue weighted by molar-refractivity contribution is -0.138. The van der Waals surface area contributed by atoms with Gasteiger partial charge in [0.1, 0.15) is 6.04 Å². The maximum Gasteiger partial charge on any atom is 0.320 e. The molecule has 1 aromatic heterocycles. The number of aliphatic carboxylic acids is 1. The molecule has 0 bridgehead atoms. The van der Waals surface area contributed by atoms with Crippen LogP contribution in [0.4, 0.5) is 0 Å². The molecule has 0 spiro atoms. The normalized spacial score (nSPS) is 12.3. The van der Waals surface area contributed by atoms with E-state index < -0.39 is 12.0 Å². The molecule has 0 saturated heterocycles. The highest BCUT2D eigenvalue weighted by Crippen LogP contribution is 2.12. The molecular weight excluding hydrogens is 347 g/mol. The molecule has 0 fully saturated rings. The smallest absolute Gasteiger partial charge is 0.320 e. The van der Waals surface area contributed by atoms with Crippen molar-refractivity contribution in [2.45, 2.75) is 12.5 Å². The summed E-state index contributed by atoms with van der Waals surface area (Å²) >= 11 is 2.21. The van der Waals surface area contributed by atoms with Gasteiger partial charge in [0.25, 0.3) is 0 Å². The van der Waals surface area contributed by atoms with Crippen LogP contribution in [0.25, 0.3) is 5.69 Å². The molecule has 94 valence electrons. The fraction of sp³-hybridized carbons (Fsp3) is 0.182. The lowest BCUT2D eigenvalue weighted by Crippen LogP contribution is -2.32. The Labute approximate surface area is 117 Å². The number of aromatic nitrogens is 3. The zero-order valence-corrected chi connectivity index (χ0v) is 11.5. The number of carboxylic acids is 1. The summed E-state index contributed by atoms with van der Waals surface area (Å²) in [5, 5.41) is 16.6. The van der Waals surface area contributed by atoms with E-state index in [1.54, 1.807) is 10.9 Å². The van der Waals surface area contributed by atoms with Crippen LogP contribution < -0.4 is 5.73 Å². The molecule has 2 aromatic rings. The zero-order valence-electron chi connectivity index (χ0n) is 9.32. The van der Waals surface area contributed by atoms with Gasteiger partial charge >= 0.3 is 5.97 Å². The van der Waals surface area contributed by atoms with E-state index in [0.29, 0.717) is 5.69 Å². The van der Waals surface area contributed by atoms with E-state index in [2.05, 4.69) is 32.9 Å². The van der Waals surface area contributed by atoms with E-state index in [4.69, 9.17) is 10.8 Å². The maximum absolute atomic E-state index is 10.6. The molecule has 1 heterocycles. The minimum Gasteiger partial charge on any atom is -0.480 e. The van der Waals surface area contributed by atoms with Gasteiger partial charge in [-0.2, -0.15) is 0 Å². The molecule has 0 radical (unpaired) electrons. The third kappa shape index (κ3) is 3.05. The summed E-state index contributed by atoms with van der Waals surface area (Å²) in [5.74, 6) is -1.04. The second-order valence-electron chi connectivity index (χ2n) is 3.78. The van der Waals surface area contributed by atoms with Gasteiger partial charge in [0, 0.05) is 9.99 Å². The van der Waals surface area contributed by atoms with Crippen LogP contribution in [0.3, 0.4) is 0 Å². The SMILES string of the molecule is NC(Cc1cn(-c2cccc(I)c2)nn1)C(=O)O. The molecule has 0 aliphatic heterocycles. The topological polar surface area (TPSA) is 94.0 Å². The second-order valence-corrected chi connectivity index (χ2v) is 5.03. The Morgan fingerprint density at radius 3 is 3.00 bits per heavy atom. The average molecular weight is 358 g/mol. The largest absolute Gasteiger partial charge is 0.480 e. The van der Waals surface area contributed by atoms with Crippen molar-refractivity contribution >= 4 is 28.6 Å². The number of carboxylic acid groups (broad SMARTS) is 1. The minimum atomic E-state index is -1.04. The first-order chi connectivity index (χ1) is 8.56. The Hall–Kier alpha value is -1.48. The molecule has 0 saturated carbocycles. The van der Waals surface area contributed by atoms with Gasteiger partial charge in [-0.05, 0) is 40.8 Å². The van der Waals surface area contributed by atoms with Crippen molar-refractivity contribution in [3.63, 3.8) is 0 Å². The number of hydrogen-bond donors (Lipinski definition) is 2. The number of nitrogens with two attached hydrogens (primary N) is 1. The van der Waals surface area contributed by atoms with Crippen LogP contribution in [0, 0.1) is 3.57 Å². The predicted molar refractivity (Wildman–Crippen MR) is 73.4 cm³/mol. The molecule has 1 unspecified atom stereocenters. The van der Waals surface area contributed by atoms with Crippen LogP contribution in [0.5, 0.6) is 0 Å². The summed E-state index contributed by atoms with van der Waals surface area (Å²) in [7, 11) is 0. The first-order valence-corrected chi connectivity index (χ1v) is 6.29. The van der Waals surface area contributed by atoms with Gasteiger partial charge in [0.15, 0.2) is 0 Å². The Balaban J connectivity index is 2.18. The van der Waals surface area contributed by atoms with Crippen molar-refractivity contribution in [3.05, 3.63) is 39.7 Å². The molecule has 1 aromatic carbocycles. The van der Waals surface area contributed by atoms with Crippen LogP contribution in [-0.2, 0) is 11.2 Å². The predicted octanol–water partition coefficient (Wildman–Crippen LogP) is 0.826. The maximum atomic E-state index is 10.6. The third-order valence-electron chi connectivity index (χ3n) is 2.36. The summed E-state index contributed by atoms with van der Waals surface area (Å²) in [6.45, 7) is 0. The van der Waals surface area contributed by atoms with E-state index in [1.807, 2.05) is 24.3 Å².